The van der Waals surface area contributed by atoms with Crippen molar-refractivity contribution >= 4 is 11.6 Å². The zero-order valence-electron chi connectivity index (χ0n) is 11.8. The summed E-state index contributed by atoms with van der Waals surface area (Å²) in [5.41, 5.74) is 1.21. The normalized spacial score (nSPS) is 10.6. The summed E-state index contributed by atoms with van der Waals surface area (Å²) in [6.07, 6.45) is 3.88. The number of ether oxygens (including phenoxy) is 1. The van der Waals surface area contributed by atoms with Gasteiger partial charge in [0.2, 0.25) is 0 Å². The van der Waals surface area contributed by atoms with Gasteiger partial charge in [-0.25, -0.2) is 14.5 Å². The van der Waals surface area contributed by atoms with Crippen molar-refractivity contribution in [2.24, 2.45) is 0 Å². The van der Waals surface area contributed by atoms with Gasteiger partial charge in [0.15, 0.2) is 0 Å². The number of methoxy groups -OCH3 is 1. The minimum atomic E-state index is -0.343. The van der Waals surface area contributed by atoms with Crippen molar-refractivity contribution in [3.05, 3.63) is 69.6 Å². The number of hydrogen-bond donors (Lipinski definition) is 1. The number of pyridine rings is 1. The molecule has 6 nitrogen and oxygen atoms in total. The molecule has 0 saturated heterocycles. The molecule has 0 aliphatic carbocycles. The number of H-pyrrole nitrogens is 1. The van der Waals surface area contributed by atoms with Crippen molar-refractivity contribution < 1.29 is 4.74 Å². The molecule has 0 unspecified atom stereocenters. The van der Waals surface area contributed by atoms with E-state index < -0.39 is 0 Å². The average Bonchev–Trinajstić information content (AvgIpc) is 2.89. The van der Waals surface area contributed by atoms with E-state index in [1.807, 2.05) is 12.1 Å². The van der Waals surface area contributed by atoms with Gasteiger partial charge in [0.25, 0.3) is 0 Å². The first-order valence-electron chi connectivity index (χ1n) is 6.58. The number of halogens is 1. The maximum Gasteiger partial charge on any atom is 0.348 e. The summed E-state index contributed by atoms with van der Waals surface area (Å²) < 4.78 is 6.78. The van der Waals surface area contributed by atoms with Crippen molar-refractivity contribution in [1.29, 1.82) is 0 Å². The number of rotatable bonds is 4. The molecule has 3 aromatic rings. The van der Waals surface area contributed by atoms with Crippen molar-refractivity contribution in [2.45, 2.75) is 6.42 Å². The molecule has 0 saturated carbocycles. The van der Waals surface area contributed by atoms with Gasteiger partial charge in [-0.05, 0) is 35.9 Å². The number of aromatic amines is 1. The summed E-state index contributed by atoms with van der Waals surface area (Å²) in [6, 6.07) is 8.84. The lowest BCUT2D eigenvalue weighted by Crippen LogP contribution is -2.18. The highest BCUT2D eigenvalue weighted by atomic mass is 35.5. The molecular weight excluding hydrogens is 304 g/mol. The summed E-state index contributed by atoms with van der Waals surface area (Å²) in [4.78, 5) is 16.1. The Balaban J connectivity index is 2.10. The number of hydrogen-bond acceptors (Lipinski definition) is 4. The molecule has 0 spiro atoms. The van der Waals surface area contributed by atoms with E-state index in [2.05, 4.69) is 15.2 Å². The molecule has 1 N–H and O–H groups in total. The van der Waals surface area contributed by atoms with Gasteiger partial charge < -0.3 is 4.74 Å². The van der Waals surface area contributed by atoms with Crippen LogP contribution in [0.1, 0.15) is 11.4 Å². The lowest BCUT2D eigenvalue weighted by atomic mass is 10.2. The third-order valence-electron chi connectivity index (χ3n) is 3.24. The molecule has 1 aromatic carbocycles. The monoisotopic (exact) mass is 316 g/mol. The van der Waals surface area contributed by atoms with Crippen LogP contribution < -0.4 is 10.4 Å². The van der Waals surface area contributed by atoms with Gasteiger partial charge in [0.05, 0.1) is 12.8 Å². The lowest BCUT2D eigenvalue weighted by molar-refractivity contribution is 0.412. The topological polar surface area (TPSA) is 72.8 Å². The highest BCUT2D eigenvalue weighted by molar-refractivity contribution is 6.30. The third kappa shape index (κ3) is 2.73. The zero-order valence-corrected chi connectivity index (χ0v) is 12.5. The summed E-state index contributed by atoms with van der Waals surface area (Å²) >= 11 is 6.05. The van der Waals surface area contributed by atoms with Crippen LogP contribution in [0.3, 0.4) is 0 Å². The predicted molar refractivity (Wildman–Crippen MR) is 82.8 cm³/mol. The van der Waals surface area contributed by atoms with Crippen LogP contribution in [0.25, 0.3) is 5.69 Å². The Morgan fingerprint density at radius 3 is 2.77 bits per heavy atom. The minimum absolute atomic E-state index is 0.343. The van der Waals surface area contributed by atoms with Crippen LogP contribution in [-0.4, -0.2) is 26.9 Å². The van der Waals surface area contributed by atoms with Gasteiger partial charge in [0, 0.05) is 23.8 Å². The van der Waals surface area contributed by atoms with E-state index in [4.69, 9.17) is 16.3 Å². The van der Waals surface area contributed by atoms with Crippen molar-refractivity contribution in [2.75, 3.05) is 7.11 Å². The van der Waals surface area contributed by atoms with Gasteiger partial charge in [-0.3, -0.25) is 4.98 Å². The fourth-order valence-corrected chi connectivity index (χ4v) is 2.38. The number of aromatic nitrogens is 4. The van der Waals surface area contributed by atoms with E-state index in [-0.39, 0.29) is 5.69 Å². The Hall–Kier alpha value is -2.60. The second kappa shape index (κ2) is 6.03. The first-order chi connectivity index (χ1) is 10.7. The van der Waals surface area contributed by atoms with E-state index in [1.54, 1.807) is 37.7 Å². The van der Waals surface area contributed by atoms with Crippen LogP contribution in [-0.2, 0) is 6.42 Å². The molecule has 2 aromatic heterocycles. The molecule has 0 aliphatic rings. The van der Waals surface area contributed by atoms with E-state index in [9.17, 15) is 4.79 Å². The molecule has 0 fully saturated rings. The molecule has 0 bridgehead atoms. The van der Waals surface area contributed by atoms with Gasteiger partial charge in [0.1, 0.15) is 11.6 Å². The van der Waals surface area contributed by atoms with Gasteiger partial charge in [-0.2, -0.15) is 5.10 Å². The maximum absolute atomic E-state index is 12.1. The van der Waals surface area contributed by atoms with Crippen LogP contribution in [0.4, 0.5) is 0 Å². The molecule has 112 valence electrons. The van der Waals surface area contributed by atoms with Crippen LogP contribution >= 0.6 is 11.6 Å². The zero-order chi connectivity index (χ0) is 15.5. The highest BCUT2D eigenvalue weighted by Gasteiger charge is 2.15. The maximum atomic E-state index is 12.1. The standard InChI is InChI=1S/C15H13ClN4O2/c1-22-13-3-2-11(16)9-12(13)20-14(18-19-15(20)21)8-10-4-6-17-7-5-10/h2-7,9H,8H2,1H3,(H,19,21). The second-order valence-corrected chi connectivity index (χ2v) is 5.07. The van der Waals surface area contributed by atoms with E-state index in [1.165, 1.54) is 4.57 Å². The molecule has 7 heteroatoms. The quantitative estimate of drug-likeness (QED) is 0.801. The van der Waals surface area contributed by atoms with Crippen LogP contribution in [0.15, 0.2) is 47.5 Å². The first kappa shape index (κ1) is 14.3. The number of nitrogens with one attached hydrogen (secondary N) is 1. The molecular formula is C15H13ClN4O2. The van der Waals surface area contributed by atoms with Crippen LogP contribution in [0.2, 0.25) is 5.02 Å². The Kier molecular flexibility index (Phi) is 3.93. The first-order valence-corrected chi connectivity index (χ1v) is 6.96. The SMILES string of the molecule is COc1ccc(Cl)cc1-n1c(Cc2ccncc2)n[nH]c1=O. The van der Waals surface area contributed by atoms with Crippen LogP contribution in [0, 0.1) is 0 Å². The van der Waals surface area contributed by atoms with Crippen molar-refractivity contribution in [3.63, 3.8) is 0 Å². The number of nitrogens with zero attached hydrogens (tertiary/aromatic N) is 3. The Morgan fingerprint density at radius 2 is 2.05 bits per heavy atom. The summed E-state index contributed by atoms with van der Waals surface area (Å²) in [7, 11) is 1.54. The van der Waals surface area contributed by atoms with E-state index in [0.29, 0.717) is 28.7 Å². The second-order valence-electron chi connectivity index (χ2n) is 4.63. The average molecular weight is 317 g/mol. The van der Waals surface area contributed by atoms with Crippen LogP contribution in [0.5, 0.6) is 5.75 Å². The highest BCUT2D eigenvalue weighted by Crippen LogP contribution is 2.26. The molecule has 3 rings (SSSR count). The lowest BCUT2D eigenvalue weighted by Gasteiger charge is -2.11. The molecule has 2 heterocycles. The predicted octanol–water partition coefficient (Wildman–Crippen LogP) is 2.21. The van der Waals surface area contributed by atoms with E-state index >= 15 is 0 Å². The Labute approximate surface area is 131 Å². The van der Waals surface area contributed by atoms with E-state index in [0.717, 1.165) is 5.56 Å². The molecule has 22 heavy (non-hydrogen) atoms. The molecule has 0 atom stereocenters. The Bertz CT molecular complexity index is 842. The largest absolute Gasteiger partial charge is 0.495 e. The fourth-order valence-electron chi connectivity index (χ4n) is 2.22. The van der Waals surface area contributed by atoms with Gasteiger partial charge in [-0.15, -0.1) is 0 Å². The van der Waals surface area contributed by atoms with Gasteiger partial charge in [-0.1, -0.05) is 11.6 Å². The smallest absolute Gasteiger partial charge is 0.348 e. The fraction of sp³-hybridized carbons (Fsp3) is 0.133. The van der Waals surface area contributed by atoms with Crippen molar-refractivity contribution in [3.8, 4) is 11.4 Å². The third-order valence-corrected chi connectivity index (χ3v) is 3.47. The van der Waals surface area contributed by atoms with Gasteiger partial charge >= 0.3 is 5.69 Å². The minimum Gasteiger partial charge on any atom is -0.495 e. The number of benzene rings is 1. The summed E-state index contributed by atoms with van der Waals surface area (Å²) in [5, 5.41) is 7.08. The molecule has 0 aliphatic heterocycles. The molecule has 0 radical (unpaired) electrons. The van der Waals surface area contributed by atoms with Crippen molar-refractivity contribution in [1.82, 2.24) is 19.7 Å². The summed E-state index contributed by atoms with van der Waals surface area (Å²) in [6.45, 7) is 0. The summed E-state index contributed by atoms with van der Waals surface area (Å²) in [5.74, 6) is 1.11. The molecule has 0 amide bonds. The Morgan fingerprint density at radius 1 is 1.27 bits per heavy atom.